The molecule has 0 bridgehead atoms. The first-order valence-electron chi connectivity index (χ1n) is 8.44. The van der Waals surface area contributed by atoms with Gasteiger partial charge in [0.2, 0.25) is 0 Å². The Morgan fingerprint density at radius 3 is 2.68 bits per heavy atom. The zero-order valence-corrected chi connectivity index (χ0v) is 13.6. The van der Waals surface area contributed by atoms with Crippen LogP contribution in [-0.2, 0) is 12.8 Å². The summed E-state index contributed by atoms with van der Waals surface area (Å²) in [5.74, 6) is 0.618. The van der Waals surface area contributed by atoms with E-state index in [1.807, 2.05) is 30.3 Å². The number of benzene rings is 3. The van der Waals surface area contributed by atoms with E-state index >= 15 is 0 Å². The van der Waals surface area contributed by atoms with Crippen LogP contribution in [0.5, 0.6) is 0 Å². The van der Waals surface area contributed by atoms with Gasteiger partial charge in [-0.05, 0) is 58.5 Å². The van der Waals surface area contributed by atoms with E-state index in [0.29, 0.717) is 11.4 Å². The summed E-state index contributed by atoms with van der Waals surface area (Å²) in [4.78, 5) is 7.81. The molecule has 0 unspecified atom stereocenters. The Balaban J connectivity index is 1.70. The van der Waals surface area contributed by atoms with E-state index in [2.05, 4.69) is 46.4 Å². The van der Waals surface area contributed by atoms with Crippen molar-refractivity contribution < 1.29 is 0 Å². The smallest absolute Gasteiger partial charge is 0.149 e. The van der Waals surface area contributed by atoms with E-state index in [-0.39, 0.29) is 0 Å². The standard InChI is InChI=1S/C22H15N3/c23-13-17(22-24-19-6-1-2-7-20(19)25-22)12-16-11-10-15-9-8-14-4-3-5-18(16)21(14)15/h1-7,10-12H,8-9H2,(H,24,25). The highest BCUT2D eigenvalue weighted by Gasteiger charge is 2.16. The molecular weight excluding hydrogens is 306 g/mol. The topological polar surface area (TPSA) is 52.5 Å². The molecule has 0 atom stereocenters. The van der Waals surface area contributed by atoms with E-state index < -0.39 is 0 Å². The molecule has 1 aromatic heterocycles. The monoisotopic (exact) mass is 321 g/mol. The van der Waals surface area contributed by atoms with Gasteiger partial charge >= 0.3 is 0 Å². The first-order chi connectivity index (χ1) is 12.3. The number of H-pyrrole nitrogens is 1. The number of aryl methyl sites for hydroxylation is 2. The molecule has 0 saturated carbocycles. The zero-order valence-electron chi connectivity index (χ0n) is 13.6. The van der Waals surface area contributed by atoms with Gasteiger partial charge < -0.3 is 4.98 Å². The molecule has 3 aromatic carbocycles. The fourth-order valence-electron chi connectivity index (χ4n) is 3.78. The van der Waals surface area contributed by atoms with Crippen molar-refractivity contribution in [2.75, 3.05) is 0 Å². The average Bonchev–Trinajstić information content (AvgIpc) is 3.26. The summed E-state index contributed by atoms with van der Waals surface area (Å²) < 4.78 is 0. The Labute approximate surface area is 145 Å². The van der Waals surface area contributed by atoms with E-state index in [1.165, 1.54) is 21.9 Å². The van der Waals surface area contributed by atoms with Gasteiger partial charge in [-0.3, -0.25) is 0 Å². The summed E-state index contributed by atoms with van der Waals surface area (Å²) in [5, 5.41) is 12.3. The van der Waals surface area contributed by atoms with Crippen molar-refractivity contribution in [2.24, 2.45) is 0 Å². The van der Waals surface area contributed by atoms with Gasteiger partial charge in [0, 0.05) is 0 Å². The van der Waals surface area contributed by atoms with Gasteiger partial charge in [0.05, 0.1) is 16.6 Å². The predicted molar refractivity (Wildman–Crippen MR) is 101 cm³/mol. The summed E-state index contributed by atoms with van der Waals surface area (Å²) >= 11 is 0. The number of nitriles is 1. The molecule has 3 nitrogen and oxygen atoms in total. The maximum absolute atomic E-state index is 9.68. The third-order valence-corrected chi connectivity index (χ3v) is 4.98. The number of aromatic amines is 1. The SMILES string of the molecule is N#CC(=Cc1ccc2c3c(cccc13)CC2)c1nc2ccccc2[nH]1. The molecule has 1 aliphatic carbocycles. The molecule has 25 heavy (non-hydrogen) atoms. The number of imidazole rings is 1. The molecule has 0 aliphatic heterocycles. The van der Waals surface area contributed by atoms with Crippen molar-refractivity contribution in [1.82, 2.24) is 9.97 Å². The number of hydrogen-bond acceptors (Lipinski definition) is 2. The number of rotatable bonds is 2. The summed E-state index contributed by atoms with van der Waals surface area (Å²) in [6.45, 7) is 0. The number of allylic oxidation sites excluding steroid dienone is 1. The minimum atomic E-state index is 0.551. The molecular formula is C22H15N3. The number of fused-ring (bicyclic) bond motifs is 1. The van der Waals surface area contributed by atoms with E-state index in [0.717, 1.165) is 29.4 Å². The van der Waals surface area contributed by atoms with Crippen molar-refractivity contribution in [3.8, 4) is 6.07 Å². The van der Waals surface area contributed by atoms with Crippen LogP contribution in [0.25, 0.3) is 33.5 Å². The molecule has 1 aliphatic rings. The molecule has 0 amide bonds. The van der Waals surface area contributed by atoms with Crippen molar-refractivity contribution in [2.45, 2.75) is 12.8 Å². The molecule has 0 spiro atoms. The highest BCUT2D eigenvalue weighted by molar-refractivity contribution is 6.01. The normalized spacial score (nSPS) is 13.5. The maximum atomic E-state index is 9.68. The molecule has 0 fully saturated rings. The first-order valence-corrected chi connectivity index (χ1v) is 8.44. The Bertz CT molecular complexity index is 1160. The van der Waals surface area contributed by atoms with Crippen LogP contribution in [0.15, 0.2) is 54.6 Å². The number of hydrogen-bond donors (Lipinski definition) is 1. The summed E-state index contributed by atoms with van der Waals surface area (Å²) in [6, 6.07) is 20.9. The van der Waals surface area contributed by atoms with Crippen LogP contribution in [0.4, 0.5) is 0 Å². The van der Waals surface area contributed by atoms with Crippen LogP contribution in [0.2, 0.25) is 0 Å². The Morgan fingerprint density at radius 2 is 1.84 bits per heavy atom. The summed E-state index contributed by atoms with van der Waals surface area (Å²) in [7, 11) is 0. The number of aromatic nitrogens is 2. The molecule has 5 rings (SSSR count). The Kier molecular flexibility index (Phi) is 2.98. The third kappa shape index (κ3) is 2.15. The molecule has 1 heterocycles. The minimum Gasteiger partial charge on any atom is -0.337 e. The Hall–Kier alpha value is -3.38. The van der Waals surface area contributed by atoms with Gasteiger partial charge in [-0.2, -0.15) is 5.26 Å². The molecule has 118 valence electrons. The number of nitrogens with one attached hydrogen (secondary N) is 1. The van der Waals surface area contributed by atoms with Gasteiger partial charge in [0.25, 0.3) is 0 Å². The van der Waals surface area contributed by atoms with Gasteiger partial charge in [0.1, 0.15) is 11.9 Å². The highest BCUT2D eigenvalue weighted by atomic mass is 14.9. The van der Waals surface area contributed by atoms with Crippen LogP contribution < -0.4 is 0 Å². The molecule has 0 saturated heterocycles. The maximum Gasteiger partial charge on any atom is 0.149 e. The van der Waals surface area contributed by atoms with Crippen LogP contribution >= 0.6 is 0 Å². The second kappa shape index (κ2) is 5.32. The fraction of sp³-hybridized carbons (Fsp3) is 0.0909. The van der Waals surface area contributed by atoms with Crippen molar-refractivity contribution in [1.29, 1.82) is 5.26 Å². The Morgan fingerprint density at radius 1 is 1.00 bits per heavy atom. The van der Waals surface area contributed by atoms with E-state index in [9.17, 15) is 5.26 Å². The first kappa shape index (κ1) is 14.0. The molecule has 0 radical (unpaired) electrons. The van der Waals surface area contributed by atoms with Gasteiger partial charge in [-0.25, -0.2) is 4.98 Å². The predicted octanol–water partition coefficient (Wildman–Crippen LogP) is 4.88. The van der Waals surface area contributed by atoms with Crippen LogP contribution in [0.1, 0.15) is 22.5 Å². The van der Waals surface area contributed by atoms with Crippen molar-refractivity contribution in [3.63, 3.8) is 0 Å². The lowest BCUT2D eigenvalue weighted by Crippen LogP contribution is -1.87. The molecule has 4 aromatic rings. The summed E-state index contributed by atoms with van der Waals surface area (Å²) in [6.07, 6.45) is 4.15. The highest BCUT2D eigenvalue weighted by Crippen LogP contribution is 2.34. The number of nitrogens with zero attached hydrogens (tertiary/aromatic N) is 2. The fourth-order valence-corrected chi connectivity index (χ4v) is 3.78. The van der Waals surface area contributed by atoms with Gasteiger partial charge in [-0.15, -0.1) is 0 Å². The van der Waals surface area contributed by atoms with Crippen molar-refractivity contribution in [3.05, 3.63) is 77.1 Å². The largest absolute Gasteiger partial charge is 0.337 e. The van der Waals surface area contributed by atoms with Crippen LogP contribution in [0.3, 0.4) is 0 Å². The number of para-hydroxylation sites is 2. The van der Waals surface area contributed by atoms with E-state index in [1.54, 1.807) is 0 Å². The summed E-state index contributed by atoms with van der Waals surface area (Å²) in [5.41, 5.74) is 6.25. The molecule has 3 heteroatoms. The van der Waals surface area contributed by atoms with Gasteiger partial charge in [0.15, 0.2) is 0 Å². The second-order valence-corrected chi connectivity index (χ2v) is 6.43. The lowest BCUT2D eigenvalue weighted by molar-refractivity contribution is 1.02. The van der Waals surface area contributed by atoms with E-state index in [4.69, 9.17) is 0 Å². The zero-order chi connectivity index (χ0) is 16.8. The quantitative estimate of drug-likeness (QED) is 0.535. The lowest BCUT2D eigenvalue weighted by Gasteiger charge is -2.06. The average molecular weight is 321 g/mol. The van der Waals surface area contributed by atoms with Crippen LogP contribution in [-0.4, -0.2) is 9.97 Å². The van der Waals surface area contributed by atoms with Crippen molar-refractivity contribution >= 4 is 33.5 Å². The van der Waals surface area contributed by atoms with Crippen LogP contribution in [0, 0.1) is 11.3 Å². The lowest BCUT2D eigenvalue weighted by atomic mass is 9.98. The minimum absolute atomic E-state index is 0.551. The van der Waals surface area contributed by atoms with Gasteiger partial charge in [-0.1, -0.05) is 42.5 Å². The second-order valence-electron chi connectivity index (χ2n) is 6.43. The third-order valence-electron chi connectivity index (χ3n) is 4.98. The molecule has 1 N–H and O–H groups in total.